The molecule has 1 aromatic heterocycles. The van der Waals surface area contributed by atoms with Gasteiger partial charge in [-0.15, -0.1) is 5.10 Å². The lowest BCUT2D eigenvalue weighted by atomic mass is 10.2. The summed E-state index contributed by atoms with van der Waals surface area (Å²) >= 11 is 0. The van der Waals surface area contributed by atoms with Crippen LogP contribution >= 0.6 is 0 Å². The second-order valence-electron chi connectivity index (χ2n) is 5.74. The fraction of sp³-hybridized carbons (Fsp3) is 0.167. The van der Waals surface area contributed by atoms with E-state index in [4.69, 9.17) is 13.9 Å². The number of hydrogen-bond acceptors (Lipinski definition) is 8. The number of rotatable bonds is 6. The molecule has 3 aromatic rings. The lowest BCUT2D eigenvalue weighted by Crippen LogP contribution is -2.16. The number of aromatic nitrogens is 2. The van der Waals surface area contributed by atoms with Crippen molar-refractivity contribution >= 4 is 21.8 Å². The van der Waals surface area contributed by atoms with Crippen LogP contribution in [0.5, 0.6) is 11.5 Å². The van der Waals surface area contributed by atoms with Crippen molar-refractivity contribution < 1.29 is 27.1 Å². The molecule has 1 N–H and O–H groups in total. The maximum Gasteiger partial charge on any atom is 0.322 e. The van der Waals surface area contributed by atoms with Gasteiger partial charge in [0.15, 0.2) is 9.84 Å². The SMILES string of the molecule is COc1cc(OC)cc(-c2nnc(NC(=O)c3ccccc3S(C)(=O)=O)o2)c1. The number of carbonyl (C=O) groups excluding carboxylic acids is 1. The van der Waals surface area contributed by atoms with Gasteiger partial charge in [0.1, 0.15) is 11.5 Å². The minimum absolute atomic E-state index is 0.0206. The van der Waals surface area contributed by atoms with Gasteiger partial charge in [-0.3, -0.25) is 10.1 Å². The highest BCUT2D eigenvalue weighted by Crippen LogP contribution is 2.29. The zero-order chi connectivity index (χ0) is 20.3. The molecule has 0 spiro atoms. The lowest BCUT2D eigenvalue weighted by Gasteiger charge is -2.06. The monoisotopic (exact) mass is 403 g/mol. The first-order valence-electron chi connectivity index (χ1n) is 7.99. The number of anilines is 1. The Hall–Kier alpha value is -3.40. The highest BCUT2D eigenvalue weighted by atomic mass is 32.2. The Kier molecular flexibility index (Phi) is 5.32. The first kappa shape index (κ1) is 19.4. The molecule has 0 aliphatic rings. The highest BCUT2D eigenvalue weighted by molar-refractivity contribution is 7.90. The van der Waals surface area contributed by atoms with Crippen LogP contribution in [0, 0.1) is 0 Å². The normalized spacial score (nSPS) is 11.1. The largest absolute Gasteiger partial charge is 0.497 e. The summed E-state index contributed by atoms with van der Waals surface area (Å²) in [5, 5.41) is 10.1. The van der Waals surface area contributed by atoms with Crippen LogP contribution in [0.2, 0.25) is 0 Å². The summed E-state index contributed by atoms with van der Waals surface area (Å²) in [5.41, 5.74) is 0.508. The number of benzene rings is 2. The number of methoxy groups -OCH3 is 2. The number of hydrogen-bond donors (Lipinski definition) is 1. The molecular weight excluding hydrogens is 386 g/mol. The molecule has 0 saturated carbocycles. The van der Waals surface area contributed by atoms with Crippen molar-refractivity contribution in [2.75, 3.05) is 25.8 Å². The third-order valence-electron chi connectivity index (χ3n) is 3.78. The van der Waals surface area contributed by atoms with Gasteiger partial charge in [0.2, 0.25) is 5.89 Å². The average Bonchev–Trinajstić information content (AvgIpc) is 3.15. The summed E-state index contributed by atoms with van der Waals surface area (Å²) in [6.45, 7) is 0. The Morgan fingerprint density at radius 3 is 2.29 bits per heavy atom. The summed E-state index contributed by atoms with van der Waals surface area (Å²) in [6, 6.07) is 10.7. The Bertz CT molecular complexity index is 1100. The predicted molar refractivity (Wildman–Crippen MR) is 100 cm³/mol. The van der Waals surface area contributed by atoms with Gasteiger partial charge >= 0.3 is 6.01 Å². The lowest BCUT2D eigenvalue weighted by molar-refractivity contribution is 0.102. The van der Waals surface area contributed by atoms with Crippen LogP contribution in [-0.2, 0) is 9.84 Å². The van der Waals surface area contributed by atoms with Crippen molar-refractivity contribution in [3.63, 3.8) is 0 Å². The molecule has 9 nitrogen and oxygen atoms in total. The number of ether oxygens (including phenoxy) is 2. The molecule has 0 atom stereocenters. The maximum absolute atomic E-state index is 12.5. The summed E-state index contributed by atoms with van der Waals surface area (Å²) in [5.74, 6) is 0.503. The zero-order valence-corrected chi connectivity index (χ0v) is 16.1. The van der Waals surface area contributed by atoms with E-state index in [0.717, 1.165) is 6.26 Å². The van der Waals surface area contributed by atoms with Crippen LogP contribution in [0.15, 0.2) is 51.8 Å². The summed E-state index contributed by atoms with van der Waals surface area (Å²) in [6.07, 6.45) is 1.03. The van der Waals surface area contributed by atoms with E-state index in [-0.39, 0.29) is 22.4 Å². The van der Waals surface area contributed by atoms with E-state index < -0.39 is 15.7 Å². The minimum Gasteiger partial charge on any atom is -0.497 e. The van der Waals surface area contributed by atoms with E-state index in [1.54, 1.807) is 24.3 Å². The fourth-order valence-electron chi connectivity index (χ4n) is 2.46. The van der Waals surface area contributed by atoms with Crippen LogP contribution in [0.4, 0.5) is 6.01 Å². The van der Waals surface area contributed by atoms with Gasteiger partial charge in [-0.25, -0.2) is 8.42 Å². The molecular formula is C18H17N3O6S. The topological polar surface area (TPSA) is 121 Å². The number of amides is 1. The van der Waals surface area contributed by atoms with Crippen molar-refractivity contribution in [3.8, 4) is 23.0 Å². The Morgan fingerprint density at radius 2 is 1.68 bits per heavy atom. The first-order valence-corrected chi connectivity index (χ1v) is 9.88. The van der Waals surface area contributed by atoms with E-state index in [0.29, 0.717) is 17.1 Å². The Labute approximate surface area is 161 Å². The van der Waals surface area contributed by atoms with Crippen LogP contribution in [-0.4, -0.2) is 45.0 Å². The van der Waals surface area contributed by atoms with Crippen LogP contribution in [0.3, 0.4) is 0 Å². The van der Waals surface area contributed by atoms with Crippen molar-refractivity contribution in [2.45, 2.75) is 4.90 Å². The molecule has 3 rings (SSSR count). The standard InChI is InChI=1S/C18H17N3O6S/c1-25-12-8-11(9-13(10-12)26-2)17-20-21-18(27-17)19-16(22)14-6-4-5-7-15(14)28(3,23)24/h4-10H,1-3H3,(H,19,21,22). The van der Waals surface area contributed by atoms with Gasteiger partial charge in [-0.1, -0.05) is 17.2 Å². The number of nitrogens with one attached hydrogen (secondary N) is 1. The number of nitrogens with zero attached hydrogens (tertiary/aromatic N) is 2. The third kappa shape index (κ3) is 4.12. The molecule has 1 heterocycles. The highest BCUT2D eigenvalue weighted by Gasteiger charge is 2.20. The maximum atomic E-state index is 12.5. The molecule has 0 saturated heterocycles. The molecule has 0 radical (unpaired) electrons. The fourth-order valence-corrected chi connectivity index (χ4v) is 3.35. The molecule has 0 bridgehead atoms. The first-order chi connectivity index (χ1) is 13.3. The van der Waals surface area contributed by atoms with E-state index in [1.165, 1.54) is 32.4 Å². The average molecular weight is 403 g/mol. The molecule has 146 valence electrons. The number of sulfone groups is 1. The summed E-state index contributed by atoms with van der Waals surface area (Å²) < 4.78 is 39.6. The van der Waals surface area contributed by atoms with Gasteiger partial charge in [-0.05, 0) is 24.3 Å². The molecule has 28 heavy (non-hydrogen) atoms. The van der Waals surface area contributed by atoms with Crippen molar-refractivity contribution in [1.82, 2.24) is 10.2 Å². The van der Waals surface area contributed by atoms with Crippen molar-refractivity contribution in [3.05, 3.63) is 48.0 Å². The molecule has 10 heteroatoms. The Morgan fingerprint density at radius 1 is 1.04 bits per heavy atom. The van der Waals surface area contributed by atoms with Gasteiger partial charge < -0.3 is 13.9 Å². The zero-order valence-electron chi connectivity index (χ0n) is 15.3. The quantitative estimate of drug-likeness (QED) is 0.666. The second kappa shape index (κ2) is 7.69. The molecule has 0 unspecified atom stereocenters. The van der Waals surface area contributed by atoms with Gasteiger partial charge in [-0.2, -0.15) is 0 Å². The van der Waals surface area contributed by atoms with Crippen LogP contribution < -0.4 is 14.8 Å². The van der Waals surface area contributed by atoms with Crippen LogP contribution in [0.25, 0.3) is 11.5 Å². The van der Waals surface area contributed by atoms with E-state index in [1.807, 2.05) is 0 Å². The van der Waals surface area contributed by atoms with Crippen molar-refractivity contribution in [2.24, 2.45) is 0 Å². The van der Waals surface area contributed by atoms with E-state index in [2.05, 4.69) is 15.5 Å². The molecule has 1 amide bonds. The van der Waals surface area contributed by atoms with E-state index in [9.17, 15) is 13.2 Å². The van der Waals surface area contributed by atoms with E-state index >= 15 is 0 Å². The van der Waals surface area contributed by atoms with Crippen molar-refractivity contribution in [1.29, 1.82) is 0 Å². The summed E-state index contributed by atoms with van der Waals surface area (Å²) in [4.78, 5) is 12.4. The Balaban J connectivity index is 1.88. The molecule has 0 aliphatic heterocycles. The summed E-state index contributed by atoms with van der Waals surface area (Å²) in [7, 11) is -0.557. The van der Waals surface area contributed by atoms with Gasteiger partial charge in [0.05, 0.1) is 24.7 Å². The number of carbonyl (C=O) groups is 1. The van der Waals surface area contributed by atoms with Gasteiger partial charge in [0.25, 0.3) is 5.91 Å². The van der Waals surface area contributed by atoms with Gasteiger partial charge in [0, 0.05) is 17.9 Å². The second-order valence-corrected chi connectivity index (χ2v) is 7.72. The molecule has 0 fully saturated rings. The third-order valence-corrected chi connectivity index (χ3v) is 4.93. The molecule has 0 aliphatic carbocycles. The molecule has 2 aromatic carbocycles. The smallest absolute Gasteiger partial charge is 0.322 e. The minimum atomic E-state index is -3.58. The predicted octanol–water partition coefficient (Wildman–Crippen LogP) is 2.41. The van der Waals surface area contributed by atoms with Crippen LogP contribution in [0.1, 0.15) is 10.4 Å².